The molecule has 0 saturated carbocycles. The molecule has 7 nitrogen and oxygen atoms in total. The molecule has 2 saturated heterocycles. The SMILES string of the molecule is Cc1cc(CN2CCN(C(=O)Nc3ccc(N4CCCCC4)cc3)CC2)no1. The summed E-state index contributed by atoms with van der Waals surface area (Å²) in [4.78, 5) is 19.2. The van der Waals surface area contributed by atoms with E-state index in [0.29, 0.717) is 13.1 Å². The van der Waals surface area contributed by atoms with Crippen LogP contribution in [0.2, 0.25) is 0 Å². The lowest BCUT2D eigenvalue weighted by Crippen LogP contribution is -2.49. The Kier molecular flexibility index (Phi) is 5.81. The van der Waals surface area contributed by atoms with Crippen LogP contribution in [-0.4, -0.2) is 60.3 Å². The number of nitrogens with one attached hydrogen (secondary N) is 1. The van der Waals surface area contributed by atoms with Crippen LogP contribution in [0.3, 0.4) is 0 Å². The third kappa shape index (κ3) is 4.65. The van der Waals surface area contributed by atoms with E-state index in [1.165, 1.54) is 24.9 Å². The highest BCUT2D eigenvalue weighted by atomic mass is 16.5. The summed E-state index contributed by atoms with van der Waals surface area (Å²) in [7, 11) is 0. The molecule has 7 heteroatoms. The number of piperazine rings is 1. The molecule has 0 radical (unpaired) electrons. The van der Waals surface area contributed by atoms with E-state index in [1.54, 1.807) is 0 Å². The average Bonchev–Trinajstić information content (AvgIpc) is 3.14. The summed E-state index contributed by atoms with van der Waals surface area (Å²) in [6.45, 7) is 8.04. The van der Waals surface area contributed by atoms with Crippen LogP contribution in [0.5, 0.6) is 0 Å². The lowest BCUT2D eigenvalue weighted by molar-refractivity contribution is 0.141. The predicted molar refractivity (Wildman–Crippen MR) is 110 cm³/mol. The zero-order chi connectivity index (χ0) is 19.3. The summed E-state index contributed by atoms with van der Waals surface area (Å²) in [6, 6.07) is 10.2. The number of anilines is 2. The van der Waals surface area contributed by atoms with E-state index >= 15 is 0 Å². The van der Waals surface area contributed by atoms with Crippen molar-refractivity contribution in [2.45, 2.75) is 32.7 Å². The monoisotopic (exact) mass is 383 g/mol. The molecule has 2 fully saturated rings. The second-order valence-corrected chi connectivity index (χ2v) is 7.72. The Bertz CT molecular complexity index is 774. The van der Waals surface area contributed by atoms with Gasteiger partial charge in [0.05, 0.1) is 5.69 Å². The van der Waals surface area contributed by atoms with Crippen molar-refractivity contribution in [3.05, 3.63) is 41.8 Å². The molecule has 1 aromatic carbocycles. The lowest BCUT2D eigenvalue weighted by atomic mass is 10.1. The Morgan fingerprint density at radius 2 is 1.75 bits per heavy atom. The van der Waals surface area contributed by atoms with Gasteiger partial charge in [-0.1, -0.05) is 5.16 Å². The molecule has 1 aromatic heterocycles. The van der Waals surface area contributed by atoms with Gasteiger partial charge in [0.1, 0.15) is 5.76 Å². The fourth-order valence-corrected chi connectivity index (χ4v) is 3.94. The Hall–Kier alpha value is -2.54. The molecule has 2 amide bonds. The number of hydrogen-bond acceptors (Lipinski definition) is 5. The molecule has 2 aromatic rings. The van der Waals surface area contributed by atoms with Gasteiger partial charge >= 0.3 is 6.03 Å². The second-order valence-electron chi connectivity index (χ2n) is 7.72. The number of aryl methyl sites for hydroxylation is 1. The molecular weight excluding hydrogens is 354 g/mol. The van der Waals surface area contributed by atoms with E-state index in [0.717, 1.165) is 49.9 Å². The Labute approximate surface area is 166 Å². The molecule has 0 atom stereocenters. The number of hydrogen-bond donors (Lipinski definition) is 1. The Morgan fingerprint density at radius 3 is 2.39 bits per heavy atom. The van der Waals surface area contributed by atoms with Gasteiger partial charge in [0.2, 0.25) is 0 Å². The molecule has 0 bridgehead atoms. The highest BCUT2D eigenvalue weighted by Gasteiger charge is 2.22. The first-order valence-electron chi connectivity index (χ1n) is 10.2. The van der Waals surface area contributed by atoms with Crippen LogP contribution in [-0.2, 0) is 6.54 Å². The molecule has 2 aliphatic heterocycles. The molecule has 28 heavy (non-hydrogen) atoms. The first-order valence-corrected chi connectivity index (χ1v) is 10.2. The van der Waals surface area contributed by atoms with Crippen molar-refractivity contribution in [2.24, 2.45) is 0 Å². The van der Waals surface area contributed by atoms with Crippen LogP contribution in [0.4, 0.5) is 16.2 Å². The van der Waals surface area contributed by atoms with E-state index in [2.05, 4.69) is 32.4 Å². The summed E-state index contributed by atoms with van der Waals surface area (Å²) < 4.78 is 5.12. The zero-order valence-corrected chi connectivity index (χ0v) is 16.6. The summed E-state index contributed by atoms with van der Waals surface area (Å²) in [5.41, 5.74) is 3.05. The van der Waals surface area contributed by atoms with Crippen molar-refractivity contribution in [3.8, 4) is 0 Å². The zero-order valence-electron chi connectivity index (χ0n) is 16.6. The molecule has 4 rings (SSSR count). The maximum atomic E-state index is 12.6. The number of piperidine rings is 1. The largest absolute Gasteiger partial charge is 0.372 e. The van der Waals surface area contributed by atoms with E-state index < -0.39 is 0 Å². The molecule has 150 valence electrons. The van der Waals surface area contributed by atoms with Gasteiger partial charge in [0, 0.05) is 63.3 Å². The van der Waals surface area contributed by atoms with Crippen LogP contribution in [0.15, 0.2) is 34.9 Å². The van der Waals surface area contributed by atoms with Crippen LogP contribution in [0, 0.1) is 6.92 Å². The number of nitrogens with zero attached hydrogens (tertiary/aromatic N) is 4. The third-order valence-electron chi connectivity index (χ3n) is 5.56. The minimum absolute atomic E-state index is 0.0253. The van der Waals surface area contributed by atoms with Gasteiger partial charge in [-0.25, -0.2) is 4.79 Å². The van der Waals surface area contributed by atoms with Crippen molar-refractivity contribution < 1.29 is 9.32 Å². The fourth-order valence-electron chi connectivity index (χ4n) is 3.94. The summed E-state index contributed by atoms with van der Waals surface area (Å²) in [5.74, 6) is 0.833. The van der Waals surface area contributed by atoms with Crippen molar-refractivity contribution >= 4 is 17.4 Å². The van der Waals surface area contributed by atoms with Crippen molar-refractivity contribution in [3.63, 3.8) is 0 Å². The van der Waals surface area contributed by atoms with E-state index in [9.17, 15) is 4.79 Å². The van der Waals surface area contributed by atoms with Crippen molar-refractivity contribution in [1.29, 1.82) is 0 Å². The molecule has 0 unspecified atom stereocenters. The van der Waals surface area contributed by atoms with E-state index in [1.807, 2.05) is 30.0 Å². The lowest BCUT2D eigenvalue weighted by Gasteiger charge is -2.34. The van der Waals surface area contributed by atoms with Crippen LogP contribution in [0.1, 0.15) is 30.7 Å². The first kappa shape index (κ1) is 18.8. The van der Waals surface area contributed by atoms with Crippen molar-refractivity contribution in [2.75, 3.05) is 49.5 Å². The second kappa shape index (κ2) is 8.65. The summed E-state index contributed by atoms with van der Waals surface area (Å²) in [6.07, 6.45) is 3.86. The molecule has 0 aliphatic carbocycles. The van der Waals surface area contributed by atoms with Crippen LogP contribution in [0.25, 0.3) is 0 Å². The van der Waals surface area contributed by atoms with Crippen molar-refractivity contribution in [1.82, 2.24) is 15.0 Å². The maximum Gasteiger partial charge on any atom is 0.321 e. The smallest absolute Gasteiger partial charge is 0.321 e. The van der Waals surface area contributed by atoms with Crippen LogP contribution < -0.4 is 10.2 Å². The number of carbonyl (C=O) groups is 1. The number of carbonyl (C=O) groups excluding carboxylic acids is 1. The fraction of sp³-hybridized carbons (Fsp3) is 0.524. The van der Waals surface area contributed by atoms with Crippen LogP contribution >= 0.6 is 0 Å². The predicted octanol–water partition coefficient (Wildman–Crippen LogP) is 3.32. The average molecular weight is 383 g/mol. The highest BCUT2D eigenvalue weighted by Crippen LogP contribution is 2.22. The first-order chi connectivity index (χ1) is 13.7. The maximum absolute atomic E-state index is 12.6. The number of benzene rings is 1. The van der Waals surface area contributed by atoms with Gasteiger partial charge in [-0.05, 0) is 50.5 Å². The Morgan fingerprint density at radius 1 is 1.04 bits per heavy atom. The number of aromatic nitrogens is 1. The topological polar surface area (TPSA) is 64.8 Å². The molecule has 0 spiro atoms. The minimum Gasteiger partial charge on any atom is -0.372 e. The molecular formula is C21H29N5O2. The number of urea groups is 1. The molecule has 1 N–H and O–H groups in total. The molecule has 2 aliphatic rings. The van der Waals surface area contributed by atoms with Gasteiger partial charge < -0.3 is 19.6 Å². The summed E-state index contributed by atoms with van der Waals surface area (Å²) >= 11 is 0. The van der Waals surface area contributed by atoms with E-state index in [-0.39, 0.29) is 6.03 Å². The quantitative estimate of drug-likeness (QED) is 0.877. The van der Waals surface area contributed by atoms with E-state index in [4.69, 9.17) is 4.52 Å². The standard InChI is InChI=1S/C21H29N5O2/c1-17-15-19(23-28-17)16-24-11-13-26(14-12-24)21(27)22-18-5-7-20(8-6-18)25-9-3-2-4-10-25/h5-8,15H,2-4,9-14,16H2,1H3,(H,22,27). The van der Waals surface area contributed by atoms with Gasteiger partial charge in [0.15, 0.2) is 0 Å². The number of rotatable bonds is 4. The van der Waals surface area contributed by atoms with Gasteiger partial charge in [-0.3, -0.25) is 4.90 Å². The Balaban J connectivity index is 1.25. The third-order valence-corrected chi connectivity index (χ3v) is 5.56. The molecule has 3 heterocycles. The summed E-state index contributed by atoms with van der Waals surface area (Å²) in [5, 5.41) is 7.08. The van der Waals surface area contributed by atoms with Gasteiger partial charge in [-0.2, -0.15) is 0 Å². The minimum atomic E-state index is -0.0253. The van der Waals surface area contributed by atoms with Gasteiger partial charge in [0.25, 0.3) is 0 Å². The normalized spacial score (nSPS) is 18.3. The van der Waals surface area contributed by atoms with Gasteiger partial charge in [-0.15, -0.1) is 0 Å². The number of amides is 2. The highest BCUT2D eigenvalue weighted by molar-refractivity contribution is 5.89.